The van der Waals surface area contributed by atoms with Crippen molar-refractivity contribution in [1.82, 2.24) is 25.2 Å². The van der Waals surface area contributed by atoms with Gasteiger partial charge in [0.25, 0.3) is 5.91 Å². The van der Waals surface area contributed by atoms with Gasteiger partial charge in [-0.3, -0.25) is 14.3 Å². The number of aryl methyl sites for hydroxylation is 1. The molecule has 7 nitrogen and oxygen atoms in total. The highest BCUT2D eigenvalue weighted by Gasteiger charge is 2.17. The van der Waals surface area contributed by atoms with Crippen LogP contribution in [0.15, 0.2) is 83.3 Å². The van der Waals surface area contributed by atoms with E-state index >= 15 is 0 Å². The zero-order valence-electron chi connectivity index (χ0n) is 17.1. The highest BCUT2D eigenvalue weighted by atomic mass is 35.5. The average molecular weight is 463 g/mol. The number of hydrogen-bond donors (Lipinski definition) is 1. The van der Waals surface area contributed by atoms with Gasteiger partial charge in [-0.15, -0.1) is 10.2 Å². The molecule has 1 amide bonds. The zero-order chi connectivity index (χ0) is 22.3. The SMILES string of the molecule is Cc1ccc(-n2c(SCC(=O)NN=Cc3ccncc3)nnc2-c2ccc(Cl)cc2)cc1. The first kappa shape index (κ1) is 21.7. The van der Waals surface area contributed by atoms with Crippen molar-refractivity contribution >= 4 is 35.5 Å². The lowest BCUT2D eigenvalue weighted by Gasteiger charge is -2.10. The van der Waals surface area contributed by atoms with Crippen LogP contribution in [0.25, 0.3) is 17.1 Å². The number of nitrogens with one attached hydrogen (secondary N) is 1. The van der Waals surface area contributed by atoms with Gasteiger partial charge < -0.3 is 0 Å². The Bertz CT molecular complexity index is 1220. The van der Waals surface area contributed by atoms with Crippen LogP contribution in [0.1, 0.15) is 11.1 Å². The number of halogens is 1. The van der Waals surface area contributed by atoms with Crippen molar-refractivity contribution in [3.05, 3.63) is 89.2 Å². The second kappa shape index (κ2) is 10.2. The van der Waals surface area contributed by atoms with Crippen molar-refractivity contribution in [2.75, 3.05) is 5.75 Å². The van der Waals surface area contributed by atoms with E-state index in [1.165, 1.54) is 11.8 Å². The summed E-state index contributed by atoms with van der Waals surface area (Å²) in [7, 11) is 0. The number of carbonyl (C=O) groups excluding carboxylic acids is 1. The fourth-order valence-electron chi connectivity index (χ4n) is 2.87. The van der Waals surface area contributed by atoms with Crippen molar-refractivity contribution in [2.45, 2.75) is 12.1 Å². The summed E-state index contributed by atoms with van der Waals surface area (Å²) in [6.07, 6.45) is 4.89. The van der Waals surface area contributed by atoms with Gasteiger partial charge in [-0.05, 0) is 61.0 Å². The Kier molecular flexibility index (Phi) is 6.94. The maximum absolute atomic E-state index is 12.3. The predicted octanol–water partition coefficient (Wildman–Crippen LogP) is 4.53. The van der Waals surface area contributed by atoms with Gasteiger partial charge >= 0.3 is 0 Å². The molecule has 0 aliphatic carbocycles. The van der Waals surface area contributed by atoms with Crippen molar-refractivity contribution in [3.63, 3.8) is 0 Å². The lowest BCUT2D eigenvalue weighted by Crippen LogP contribution is -2.20. The molecule has 2 aromatic heterocycles. The molecule has 0 atom stereocenters. The standard InChI is InChI=1S/C23H19ClN6OS/c1-16-2-8-20(9-3-16)30-22(18-4-6-19(24)7-5-18)28-29-23(30)32-15-21(31)27-26-14-17-10-12-25-13-11-17/h2-14H,15H2,1H3,(H,27,31). The predicted molar refractivity (Wildman–Crippen MR) is 127 cm³/mol. The Morgan fingerprint density at radius 3 is 2.50 bits per heavy atom. The van der Waals surface area contributed by atoms with Crippen LogP contribution in [0.4, 0.5) is 0 Å². The summed E-state index contributed by atoms with van der Waals surface area (Å²) in [5, 5.41) is 13.9. The van der Waals surface area contributed by atoms with Crippen molar-refractivity contribution in [2.24, 2.45) is 5.10 Å². The van der Waals surface area contributed by atoms with Crippen LogP contribution < -0.4 is 5.43 Å². The molecule has 0 bridgehead atoms. The van der Waals surface area contributed by atoms with E-state index < -0.39 is 0 Å². The number of rotatable bonds is 7. The topological polar surface area (TPSA) is 85.1 Å². The van der Waals surface area contributed by atoms with Gasteiger partial charge in [-0.2, -0.15) is 5.10 Å². The van der Waals surface area contributed by atoms with Crippen LogP contribution in [-0.2, 0) is 4.79 Å². The Balaban J connectivity index is 1.53. The van der Waals surface area contributed by atoms with E-state index in [0.29, 0.717) is 16.0 Å². The first-order valence-electron chi connectivity index (χ1n) is 9.73. The number of nitrogens with zero attached hydrogens (tertiary/aromatic N) is 5. The molecular formula is C23H19ClN6OS. The molecule has 2 aromatic carbocycles. The van der Waals surface area contributed by atoms with E-state index in [4.69, 9.17) is 11.6 Å². The summed E-state index contributed by atoms with van der Waals surface area (Å²) >= 11 is 7.32. The average Bonchev–Trinajstić information content (AvgIpc) is 3.23. The summed E-state index contributed by atoms with van der Waals surface area (Å²) in [5.41, 5.74) is 6.31. The number of thioether (sulfide) groups is 1. The van der Waals surface area contributed by atoms with Crippen LogP contribution >= 0.6 is 23.4 Å². The molecule has 32 heavy (non-hydrogen) atoms. The summed E-state index contributed by atoms with van der Waals surface area (Å²) < 4.78 is 1.93. The van der Waals surface area contributed by atoms with Crippen molar-refractivity contribution < 1.29 is 4.79 Å². The maximum atomic E-state index is 12.3. The second-order valence-corrected chi connectivity index (χ2v) is 8.23. The number of amides is 1. The molecule has 0 fully saturated rings. The Morgan fingerprint density at radius 2 is 1.78 bits per heavy atom. The Labute approximate surface area is 194 Å². The highest BCUT2D eigenvalue weighted by molar-refractivity contribution is 7.99. The van der Waals surface area contributed by atoms with Crippen LogP contribution in [0.3, 0.4) is 0 Å². The van der Waals surface area contributed by atoms with Gasteiger partial charge in [0.2, 0.25) is 0 Å². The molecule has 0 spiro atoms. The quantitative estimate of drug-likeness (QED) is 0.248. The number of hydrogen-bond acceptors (Lipinski definition) is 6. The normalized spacial score (nSPS) is 11.1. The van der Waals surface area contributed by atoms with Crippen LogP contribution in [-0.4, -0.2) is 37.6 Å². The Hall–Kier alpha value is -3.49. The van der Waals surface area contributed by atoms with E-state index in [1.54, 1.807) is 30.7 Å². The number of benzene rings is 2. The minimum absolute atomic E-state index is 0.137. The molecule has 0 aliphatic heterocycles. The third kappa shape index (κ3) is 5.40. The number of hydrazone groups is 1. The molecule has 0 unspecified atom stereocenters. The first-order valence-corrected chi connectivity index (χ1v) is 11.1. The molecule has 4 rings (SSSR count). The van der Waals surface area contributed by atoms with Crippen molar-refractivity contribution in [1.29, 1.82) is 0 Å². The van der Waals surface area contributed by atoms with E-state index in [1.807, 2.05) is 60.0 Å². The number of pyridine rings is 1. The molecule has 0 aliphatic rings. The van der Waals surface area contributed by atoms with Crippen LogP contribution in [0.2, 0.25) is 5.02 Å². The lowest BCUT2D eigenvalue weighted by molar-refractivity contribution is -0.118. The lowest BCUT2D eigenvalue weighted by atomic mass is 10.2. The largest absolute Gasteiger partial charge is 0.272 e. The van der Waals surface area contributed by atoms with Gasteiger partial charge in [0, 0.05) is 28.7 Å². The minimum Gasteiger partial charge on any atom is -0.272 e. The fourth-order valence-corrected chi connectivity index (χ4v) is 3.74. The molecule has 160 valence electrons. The van der Waals surface area contributed by atoms with Gasteiger partial charge in [0.15, 0.2) is 11.0 Å². The van der Waals surface area contributed by atoms with E-state index in [0.717, 1.165) is 22.4 Å². The van der Waals surface area contributed by atoms with Crippen LogP contribution in [0, 0.1) is 6.92 Å². The van der Waals surface area contributed by atoms with Gasteiger partial charge in [0.05, 0.1) is 12.0 Å². The van der Waals surface area contributed by atoms with Crippen molar-refractivity contribution in [3.8, 4) is 17.1 Å². The minimum atomic E-state index is -0.244. The fraction of sp³-hybridized carbons (Fsp3) is 0.0870. The third-order valence-corrected chi connectivity index (χ3v) is 5.65. The smallest absolute Gasteiger partial charge is 0.250 e. The highest BCUT2D eigenvalue weighted by Crippen LogP contribution is 2.28. The zero-order valence-corrected chi connectivity index (χ0v) is 18.7. The summed E-state index contributed by atoms with van der Waals surface area (Å²) in [5.74, 6) is 0.564. The van der Waals surface area contributed by atoms with Gasteiger partial charge in [-0.25, -0.2) is 5.43 Å². The molecule has 2 heterocycles. The Morgan fingerprint density at radius 1 is 1.06 bits per heavy atom. The monoisotopic (exact) mass is 462 g/mol. The van der Waals surface area contributed by atoms with Crippen LogP contribution in [0.5, 0.6) is 0 Å². The van der Waals surface area contributed by atoms with Gasteiger partial charge in [0.1, 0.15) is 0 Å². The molecular weight excluding hydrogens is 444 g/mol. The van der Waals surface area contributed by atoms with E-state index in [-0.39, 0.29) is 11.7 Å². The molecule has 0 saturated heterocycles. The third-order valence-electron chi connectivity index (χ3n) is 4.47. The molecule has 0 saturated carbocycles. The number of aromatic nitrogens is 4. The first-order chi connectivity index (χ1) is 15.6. The summed E-state index contributed by atoms with van der Waals surface area (Å²) in [6.45, 7) is 2.03. The van der Waals surface area contributed by atoms with E-state index in [2.05, 4.69) is 25.7 Å². The number of carbonyl (C=O) groups is 1. The molecule has 0 radical (unpaired) electrons. The van der Waals surface area contributed by atoms with Gasteiger partial charge in [-0.1, -0.05) is 41.1 Å². The molecule has 4 aromatic rings. The maximum Gasteiger partial charge on any atom is 0.250 e. The second-order valence-electron chi connectivity index (χ2n) is 6.85. The van der Waals surface area contributed by atoms with E-state index in [9.17, 15) is 4.79 Å². The summed E-state index contributed by atoms with van der Waals surface area (Å²) in [6, 6.07) is 19.1. The summed E-state index contributed by atoms with van der Waals surface area (Å²) in [4.78, 5) is 16.2. The molecule has 1 N–H and O–H groups in total. The molecule has 9 heteroatoms.